The van der Waals surface area contributed by atoms with Gasteiger partial charge in [0.2, 0.25) is 0 Å². The van der Waals surface area contributed by atoms with Gasteiger partial charge < -0.3 is 19.5 Å². The summed E-state index contributed by atoms with van der Waals surface area (Å²) in [5.41, 5.74) is 1.46. The van der Waals surface area contributed by atoms with E-state index in [0.717, 1.165) is 16.3 Å². The third-order valence-corrected chi connectivity index (χ3v) is 4.49. The Kier molecular flexibility index (Phi) is 6.64. The molecule has 154 valence electrons. The third kappa shape index (κ3) is 4.94. The van der Waals surface area contributed by atoms with Crippen LogP contribution in [0.25, 0.3) is 10.8 Å². The molecule has 0 fully saturated rings. The van der Waals surface area contributed by atoms with Crippen LogP contribution in [0, 0.1) is 0 Å². The highest BCUT2D eigenvalue weighted by Crippen LogP contribution is 2.26. The van der Waals surface area contributed by atoms with Gasteiger partial charge in [0.1, 0.15) is 11.3 Å². The minimum Gasteiger partial charge on any atom is -0.496 e. The summed E-state index contributed by atoms with van der Waals surface area (Å²) in [5, 5.41) is 4.46. The molecule has 1 amide bonds. The van der Waals surface area contributed by atoms with E-state index in [9.17, 15) is 14.4 Å². The molecule has 3 aromatic carbocycles. The fourth-order valence-corrected chi connectivity index (χ4v) is 2.88. The van der Waals surface area contributed by atoms with E-state index in [2.05, 4.69) is 10.1 Å². The molecular weight excluding hydrogens is 386 g/mol. The zero-order valence-electron chi connectivity index (χ0n) is 16.6. The van der Waals surface area contributed by atoms with Crippen LogP contribution in [0.1, 0.15) is 26.3 Å². The Morgan fingerprint density at radius 2 is 1.53 bits per heavy atom. The quantitative estimate of drug-likeness (QED) is 0.605. The van der Waals surface area contributed by atoms with Crippen molar-refractivity contribution in [3.63, 3.8) is 0 Å². The summed E-state index contributed by atoms with van der Waals surface area (Å²) in [6.07, 6.45) is 0. The minimum atomic E-state index is -0.643. The Labute approximate surface area is 173 Å². The van der Waals surface area contributed by atoms with Crippen LogP contribution in [0.15, 0.2) is 60.7 Å². The van der Waals surface area contributed by atoms with E-state index >= 15 is 0 Å². The molecule has 0 aliphatic carbocycles. The van der Waals surface area contributed by atoms with E-state index in [1.54, 1.807) is 36.4 Å². The Bertz CT molecular complexity index is 1070. The number of nitrogens with one attached hydrogen (secondary N) is 1. The maximum Gasteiger partial charge on any atom is 0.342 e. The average molecular weight is 407 g/mol. The number of fused-ring (bicyclic) bond motifs is 1. The Hall–Kier alpha value is -3.87. The molecule has 0 bridgehead atoms. The highest BCUT2D eigenvalue weighted by Gasteiger charge is 2.16. The van der Waals surface area contributed by atoms with Crippen molar-refractivity contribution in [2.75, 3.05) is 20.8 Å². The van der Waals surface area contributed by atoms with Crippen LogP contribution in [0.3, 0.4) is 0 Å². The molecule has 0 aromatic heterocycles. The lowest BCUT2D eigenvalue weighted by molar-refractivity contribution is -0.124. The molecule has 0 aliphatic rings. The molecule has 0 unspecified atom stereocenters. The summed E-state index contributed by atoms with van der Waals surface area (Å²) in [5.74, 6) is -1.14. The fourth-order valence-electron chi connectivity index (χ4n) is 2.88. The van der Waals surface area contributed by atoms with E-state index in [1.165, 1.54) is 14.2 Å². The second-order valence-electron chi connectivity index (χ2n) is 6.44. The topological polar surface area (TPSA) is 90.9 Å². The molecule has 30 heavy (non-hydrogen) atoms. The standard InChI is InChI=1S/C23H21NO6/c1-28-20-12-18-6-4-3-5-17(18)11-19(20)23(27)30-14-21(25)24-13-15-7-9-16(10-8-15)22(26)29-2/h3-12H,13-14H2,1-2H3,(H,24,25). The number of rotatable bonds is 7. The van der Waals surface area contributed by atoms with E-state index in [1.807, 2.05) is 24.3 Å². The Balaban J connectivity index is 1.56. The van der Waals surface area contributed by atoms with Gasteiger partial charge in [0.25, 0.3) is 5.91 Å². The number of hydrogen-bond donors (Lipinski definition) is 1. The predicted octanol–water partition coefficient (Wildman–Crippen LogP) is 3.11. The van der Waals surface area contributed by atoms with Crippen molar-refractivity contribution in [2.45, 2.75) is 6.54 Å². The second-order valence-corrected chi connectivity index (χ2v) is 6.44. The van der Waals surface area contributed by atoms with Crippen molar-refractivity contribution in [3.8, 4) is 5.75 Å². The summed E-state index contributed by atoms with van der Waals surface area (Å²) < 4.78 is 15.1. The first-order valence-electron chi connectivity index (χ1n) is 9.19. The van der Waals surface area contributed by atoms with Crippen molar-refractivity contribution in [2.24, 2.45) is 0 Å². The summed E-state index contributed by atoms with van der Waals surface area (Å²) in [7, 11) is 2.78. The van der Waals surface area contributed by atoms with Crippen molar-refractivity contribution in [3.05, 3.63) is 77.4 Å². The SMILES string of the molecule is COC(=O)c1ccc(CNC(=O)COC(=O)c2cc3ccccc3cc2OC)cc1. The molecule has 0 aliphatic heterocycles. The van der Waals surface area contributed by atoms with Crippen LogP contribution in [0.2, 0.25) is 0 Å². The lowest BCUT2D eigenvalue weighted by Gasteiger charge is -2.11. The maximum absolute atomic E-state index is 12.5. The molecule has 3 rings (SSSR count). The average Bonchev–Trinajstić information content (AvgIpc) is 2.80. The first kappa shape index (κ1) is 20.9. The van der Waals surface area contributed by atoms with Crippen molar-refractivity contribution in [1.29, 1.82) is 0 Å². The van der Waals surface area contributed by atoms with Crippen molar-refractivity contribution in [1.82, 2.24) is 5.32 Å². The van der Waals surface area contributed by atoms with Crippen LogP contribution in [0.4, 0.5) is 0 Å². The van der Waals surface area contributed by atoms with Crippen LogP contribution in [-0.2, 0) is 20.8 Å². The van der Waals surface area contributed by atoms with Gasteiger partial charge in [-0.05, 0) is 40.6 Å². The van der Waals surface area contributed by atoms with Gasteiger partial charge in [-0.25, -0.2) is 9.59 Å². The van der Waals surface area contributed by atoms with Gasteiger partial charge in [0, 0.05) is 6.54 Å². The zero-order valence-corrected chi connectivity index (χ0v) is 16.6. The van der Waals surface area contributed by atoms with Gasteiger partial charge in [-0.15, -0.1) is 0 Å². The van der Waals surface area contributed by atoms with E-state index in [-0.39, 0.29) is 12.1 Å². The van der Waals surface area contributed by atoms with E-state index in [4.69, 9.17) is 9.47 Å². The Morgan fingerprint density at radius 3 is 2.17 bits per heavy atom. The fraction of sp³-hybridized carbons (Fsp3) is 0.174. The maximum atomic E-state index is 12.5. The van der Waals surface area contributed by atoms with E-state index in [0.29, 0.717) is 11.3 Å². The van der Waals surface area contributed by atoms with Crippen LogP contribution >= 0.6 is 0 Å². The number of carbonyl (C=O) groups is 3. The molecule has 3 aromatic rings. The molecule has 0 saturated carbocycles. The highest BCUT2D eigenvalue weighted by atomic mass is 16.5. The molecule has 1 N–H and O–H groups in total. The number of benzene rings is 3. The molecule has 0 radical (unpaired) electrons. The van der Waals surface area contributed by atoms with E-state index < -0.39 is 24.5 Å². The number of amides is 1. The van der Waals surface area contributed by atoms with Gasteiger partial charge in [0.15, 0.2) is 6.61 Å². The minimum absolute atomic E-state index is 0.233. The number of esters is 2. The number of hydrogen-bond acceptors (Lipinski definition) is 6. The first-order chi connectivity index (χ1) is 14.5. The molecule has 0 spiro atoms. The van der Waals surface area contributed by atoms with Gasteiger partial charge in [-0.2, -0.15) is 0 Å². The zero-order chi connectivity index (χ0) is 21.5. The molecular formula is C23H21NO6. The van der Waals surface area contributed by atoms with Crippen LogP contribution in [-0.4, -0.2) is 38.7 Å². The predicted molar refractivity (Wildman–Crippen MR) is 110 cm³/mol. The summed E-state index contributed by atoms with van der Waals surface area (Å²) in [6, 6.07) is 17.6. The van der Waals surface area contributed by atoms with Gasteiger partial charge in [0.05, 0.1) is 19.8 Å². The van der Waals surface area contributed by atoms with Gasteiger partial charge in [-0.3, -0.25) is 4.79 Å². The van der Waals surface area contributed by atoms with Crippen LogP contribution < -0.4 is 10.1 Å². The molecule has 0 atom stereocenters. The van der Waals surface area contributed by atoms with Gasteiger partial charge >= 0.3 is 11.9 Å². The summed E-state index contributed by atoms with van der Waals surface area (Å²) >= 11 is 0. The normalized spacial score (nSPS) is 10.3. The molecule has 0 saturated heterocycles. The number of carbonyl (C=O) groups excluding carboxylic acids is 3. The molecule has 0 heterocycles. The third-order valence-electron chi connectivity index (χ3n) is 4.49. The Morgan fingerprint density at radius 1 is 0.867 bits per heavy atom. The molecule has 7 heteroatoms. The number of ether oxygens (including phenoxy) is 3. The highest BCUT2D eigenvalue weighted by molar-refractivity contribution is 5.99. The summed E-state index contributed by atoms with van der Waals surface area (Å²) in [4.78, 5) is 35.9. The van der Waals surface area contributed by atoms with Gasteiger partial charge in [-0.1, -0.05) is 36.4 Å². The summed E-state index contributed by atoms with van der Waals surface area (Å²) in [6.45, 7) is -0.188. The lowest BCUT2D eigenvalue weighted by atomic mass is 10.1. The van der Waals surface area contributed by atoms with Crippen LogP contribution in [0.5, 0.6) is 5.75 Å². The largest absolute Gasteiger partial charge is 0.496 e. The smallest absolute Gasteiger partial charge is 0.342 e. The monoisotopic (exact) mass is 407 g/mol. The second kappa shape index (κ2) is 9.56. The first-order valence-corrected chi connectivity index (χ1v) is 9.19. The van der Waals surface area contributed by atoms with Crippen molar-refractivity contribution < 1.29 is 28.6 Å². The molecule has 7 nitrogen and oxygen atoms in total. The lowest BCUT2D eigenvalue weighted by Crippen LogP contribution is -2.28. The van der Waals surface area contributed by atoms with Crippen molar-refractivity contribution >= 4 is 28.6 Å². The number of methoxy groups -OCH3 is 2.